The summed E-state index contributed by atoms with van der Waals surface area (Å²) in [5.74, 6) is 0.571. The lowest BCUT2D eigenvalue weighted by Gasteiger charge is -2.21. The molecule has 0 nitrogen and oxygen atoms in total. The van der Waals surface area contributed by atoms with Crippen LogP contribution in [-0.2, 0) is 0 Å². The quantitative estimate of drug-likeness (QED) is 0.712. The Balaban J connectivity index is 2.13. The second-order valence-electron chi connectivity index (χ2n) is 3.63. The van der Waals surface area contributed by atoms with Gasteiger partial charge in [-0.2, -0.15) is 0 Å². The van der Waals surface area contributed by atoms with Gasteiger partial charge in [-0.05, 0) is 18.1 Å². The topological polar surface area (TPSA) is 0 Å². The first-order chi connectivity index (χ1) is 7.27. The fourth-order valence-electron chi connectivity index (χ4n) is 1.49. The molecule has 0 heterocycles. The van der Waals surface area contributed by atoms with Crippen LogP contribution in [0.2, 0.25) is 0 Å². The van der Waals surface area contributed by atoms with Gasteiger partial charge in [-0.25, -0.2) is 0 Å². The van der Waals surface area contributed by atoms with Crippen LogP contribution in [0.1, 0.15) is 6.92 Å². The van der Waals surface area contributed by atoms with Crippen LogP contribution >= 0.6 is 27.7 Å². The van der Waals surface area contributed by atoms with Crippen LogP contribution in [0.15, 0.2) is 58.4 Å². The summed E-state index contributed by atoms with van der Waals surface area (Å²) in [6.07, 6.45) is 6.57. The SMILES string of the molecule is CC1C=CC=C(Sc2ccccc2)C1Br. The van der Waals surface area contributed by atoms with Gasteiger partial charge in [-0.15, -0.1) is 0 Å². The summed E-state index contributed by atoms with van der Waals surface area (Å²) in [5.41, 5.74) is 0. The van der Waals surface area contributed by atoms with Gasteiger partial charge < -0.3 is 0 Å². The van der Waals surface area contributed by atoms with Gasteiger partial charge in [-0.1, -0.05) is 71.0 Å². The third-order valence-electron chi connectivity index (χ3n) is 2.39. The van der Waals surface area contributed by atoms with Crippen LogP contribution in [0.4, 0.5) is 0 Å². The van der Waals surface area contributed by atoms with Crippen LogP contribution in [0, 0.1) is 5.92 Å². The molecule has 0 amide bonds. The van der Waals surface area contributed by atoms with E-state index in [1.807, 2.05) is 17.8 Å². The summed E-state index contributed by atoms with van der Waals surface area (Å²) >= 11 is 5.58. The Hall–Kier alpha value is -0.470. The maximum atomic E-state index is 3.74. The van der Waals surface area contributed by atoms with E-state index in [0.717, 1.165) is 0 Å². The van der Waals surface area contributed by atoms with Crippen molar-refractivity contribution in [2.24, 2.45) is 5.92 Å². The van der Waals surface area contributed by atoms with E-state index in [0.29, 0.717) is 10.7 Å². The van der Waals surface area contributed by atoms with Gasteiger partial charge in [0.2, 0.25) is 0 Å². The standard InChI is InChI=1S/C13H13BrS/c1-10-6-5-9-12(13(10)14)15-11-7-3-2-4-8-11/h2-10,13H,1H3. The van der Waals surface area contributed by atoms with Crippen LogP contribution in [-0.4, -0.2) is 4.83 Å². The second kappa shape index (κ2) is 5.04. The fourth-order valence-corrected chi connectivity index (χ4v) is 3.14. The molecule has 0 spiro atoms. The van der Waals surface area contributed by atoms with Crippen molar-refractivity contribution >= 4 is 27.7 Å². The van der Waals surface area contributed by atoms with Crippen molar-refractivity contribution in [1.82, 2.24) is 0 Å². The Labute approximate surface area is 104 Å². The van der Waals surface area contributed by atoms with Crippen LogP contribution in [0.5, 0.6) is 0 Å². The molecule has 0 bridgehead atoms. The Kier molecular flexibility index (Phi) is 3.71. The minimum atomic E-state index is 0.452. The number of hydrogen-bond acceptors (Lipinski definition) is 1. The smallest absolute Gasteiger partial charge is 0.0518 e. The van der Waals surface area contributed by atoms with E-state index in [2.05, 4.69) is 65.3 Å². The Bertz CT molecular complexity index is 381. The molecule has 0 saturated carbocycles. The molecular formula is C13H13BrS. The molecule has 0 aliphatic heterocycles. The van der Waals surface area contributed by atoms with E-state index in [1.165, 1.54) is 9.80 Å². The normalized spacial score (nSPS) is 25.1. The highest BCUT2D eigenvalue weighted by Crippen LogP contribution is 2.37. The maximum Gasteiger partial charge on any atom is 0.0518 e. The largest absolute Gasteiger partial charge is 0.0933 e. The molecule has 0 fully saturated rings. The summed E-state index contributed by atoms with van der Waals surface area (Å²) in [6.45, 7) is 2.23. The third-order valence-corrected chi connectivity index (χ3v) is 5.15. The van der Waals surface area contributed by atoms with Crippen molar-refractivity contribution in [3.05, 3.63) is 53.5 Å². The Morgan fingerprint density at radius 1 is 1.20 bits per heavy atom. The predicted molar refractivity (Wildman–Crippen MR) is 71.4 cm³/mol. The Morgan fingerprint density at radius 2 is 1.93 bits per heavy atom. The van der Waals surface area contributed by atoms with E-state index >= 15 is 0 Å². The number of alkyl halides is 1. The molecule has 2 atom stereocenters. The summed E-state index contributed by atoms with van der Waals surface area (Å²) < 4.78 is 0. The molecular weight excluding hydrogens is 268 g/mol. The van der Waals surface area contributed by atoms with Crippen LogP contribution < -0.4 is 0 Å². The predicted octanol–water partition coefficient (Wildman–Crippen LogP) is 4.63. The molecule has 2 rings (SSSR count). The zero-order chi connectivity index (χ0) is 10.7. The molecule has 0 saturated heterocycles. The molecule has 0 N–H and O–H groups in total. The minimum absolute atomic E-state index is 0.452. The zero-order valence-electron chi connectivity index (χ0n) is 8.56. The van der Waals surface area contributed by atoms with E-state index in [-0.39, 0.29) is 0 Å². The van der Waals surface area contributed by atoms with E-state index in [4.69, 9.17) is 0 Å². The molecule has 2 unspecified atom stereocenters. The highest BCUT2D eigenvalue weighted by atomic mass is 79.9. The van der Waals surface area contributed by atoms with Crippen molar-refractivity contribution in [3.8, 4) is 0 Å². The van der Waals surface area contributed by atoms with Gasteiger partial charge >= 0.3 is 0 Å². The molecule has 2 heteroatoms. The summed E-state index contributed by atoms with van der Waals surface area (Å²) in [6, 6.07) is 10.5. The van der Waals surface area contributed by atoms with Gasteiger partial charge in [0.15, 0.2) is 0 Å². The number of benzene rings is 1. The van der Waals surface area contributed by atoms with Gasteiger partial charge in [0, 0.05) is 9.80 Å². The molecule has 1 aromatic rings. The van der Waals surface area contributed by atoms with E-state index in [9.17, 15) is 0 Å². The lowest BCUT2D eigenvalue weighted by atomic mass is 10.0. The number of thioether (sulfide) groups is 1. The summed E-state index contributed by atoms with van der Waals surface area (Å²) in [7, 11) is 0. The zero-order valence-corrected chi connectivity index (χ0v) is 11.0. The number of halogens is 1. The molecule has 1 aliphatic carbocycles. The van der Waals surface area contributed by atoms with E-state index in [1.54, 1.807) is 0 Å². The van der Waals surface area contributed by atoms with Crippen LogP contribution in [0.3, 0.4) is 0 Å². The molecule has 1 aliphatic rings. The van der Waals surface area contributed by atoms with Crippen molar-refractivity contribution in [1.29, 1.82) is 0 Å². The number of rotatable bonds is 2. The molecule has 0 aromatic heterocycles. The molecule has 78 valence electrons. The van der Waals surface area contributed by atoms with Crippen molar-refractivity contribution < 1.29 is 0 Å². The summed E-state index contributed by atoms with van der Waals surface area (Å²) in [4.78, 5) is 3.14. The summed E-state index contributed by atoms with van der Waals surface area (Å²) in [5, 5.41) is 0. The lowest BCUT2D eigenvalue weighted by Crippen LogP contribution is -2.12. The first-order valence-corrected chi connectivity index (χ1v) is 6.76. The maximum absolute atomic E-state index is 3.74. The van der Waals surface area contributed by atoms with E-state index < -0.39 is 0 Å². The second-order valence-corrected chi connectivity index (χ2v) is 5.76. The van der Waals surface area contributed by atoms with Crippen LogP contribution in [0.25, 0.3) is 0 Å². The highest BCUT2D eigenvalue weighted by Gasteiger charge is 2.19. The molecule has 1 aromatic carbocycles. The van der Waals surface area contributed by atoms with Gasteiger partial charge in [-0.3, -0.25) is 0 Å². The van der Waals surface area contributed by atoms with Crippen molar-refractivity contribution in [3.63, 3.8) is 0 Å². The molecule has 0 radical (unpaired) electrons. The van der Waals surface area contributed by atoms with Crippen molar-refractivity contribution in [2.75, 3.05) is 0 Å². The minimum Gasteiger partial charge on any atom is -0.0933 e. The monoisotopic (exact) mass is 280 g/mol. The first kappa shape index (κ1) is 11.0. The molecule has 15 heavy (non-hydrogen) atoms. The van der Waals surface area contributed by atoms with Gasteiger partial charge in [0.05, 0.1) is 4.83 Å². The third kappa shape index (κ3) is 2.76. The average Bonchev–Trinajstić information content (AvgIpc) is 2.26. The van der Waals surface area contributed by atoms with Crippen molar-refractivity contribution in [2.45, 2.75) is 16.6 Å². The fraction of sp³-hybridized carbons (Fsp3) is 0.231. The van der Waals surface area contributed by atoms with Gasteiger partial charge in [0.1, 0.15) is 0 Å². The first-order valence-electron chi connectivity index (χ1n) is 5.03. The highest BCUT2D eigenvalue weighted by molar-refractivity contribution is 9.09. The van der Waals surface area contributed by atoms with Gasteiger partial charge in [0.25, 0.3) is 0 Å². The lowest BCUT2D eigenvalue weighted by molar-refractivity contribution is 0.755. The average molecular weight is 281 g/mol. The number of allylic oxidation sites excluding steroid dienone is 4. The number of hydrogen-bond donors (Lipinski definition) is 0. The Morgan fingerprint density at radius 3 is 2.67 bits per heavy atom.